The Morgan fingerprint density at radius 2 is 2.04 bits per heavy atom. The van der Waals surface area contributed by atoms with Gasteiger partial charge in [0.15, 0.2) is 0 Å². The zero-order valence-corrected chi connectivity index (χ0v) is 13.7. The van der Waals surface area contributed by atoms with Crippen molar-refractivity contribution in [2.45, 2.75) is 20.4 Å². The number of benzene rings is 1. The van der Waals surface area contributed by atoms with Crippen LogP contribution in [0.1, 0.15) is 18.2 Å². The van der Waals surface area contributed by atoms with Gasteiger partial charge < -0.3 is 9.67 Å². The lowest BCUT2D eigenvalue weighted by Gasteiger charge is -2.19. The second-order valence-corrected chi connectivity index (χ2v) is 5.79. The number of pyridine rings is 1. The molecule has 2 heterocycles. The summed E-state index contributed by atoms with van der Waals surface area (Å²) in [5.74, 6) is 0. The largest absolute Gasteiger partial charge is 0.395 e. The fraction of sp³-hybridized carbons (Fsp3) is 0.316. The van der Waals surface area contributed by atoms with Crippen molar-refractivity contribution < 1.29 is 5.11 Å². The highest BCUT2D eigenvalue weighted by molar-refractivity contribution is 5.85. The van der Waals surface area contributed by atoms with Gasteiger partial charge in [0.1, 0.15) is 0 Å². The highest BCUT2D eigenvalue weighted by Gasteiger charge is 2.10. The van der Waals surface area contributed by atoms with Crippen molar-refractivity contribution in [3.63, 3.8) is 0 Å². The number of rotatable bonds is 6. The molecule has 2 aromatic heterocycles. The van der Waals surface area contributed by atoms with Gasteiger partial charge in [-0.25, -0.2) is 0 Å². The van der Waals surface area contributed by atoms with Crippen LogP contribution in [0.4, 0.5) is 0 Å². The predicted molar refractivity (Wildman–Crippen MR) is 93.8 cm³/mol. The van der Waals surface area contributed by atoms with Crippen LogP contribution in [0.5, 0.6) is 0 Å². The molecule has 0 saturated carbocycles. The topological polar surface area (TPSA) is 41.3 Å². The van der Waals surface area contributed by atoms with E-state index in [-0.39, 0.29) is 6.61 Å². The van der Waals surface area contributed by atoms with Crippen LogP contribution in [0.25, 0.3) is 16.6 Å². The maximum Gasteiger partial charge on any atom is 0.0639 e. The van der Waals surface area contributed by atoms with Gasteiger partial charge in [0.05, 0.1) is 24.0 Å². The smallest absolute Gasteiger partial charge is 0.0639 e. The van der Waals surface area contributed by atoms with Crippen LogP contribution >= 0.6 is 0 Å². The van der Waals surface area contributed by atoms with Crippen molar-refractivity contribution in [3.05, 3.63) is 60.0 Å². The average Bonchev–Trinajstić information content (AvgIpc) is 3.00. The molecule has 4 heteroatoms. The molecular formula is C19H23N3O. The second kappa shape index (κ2) is 6.94. The van der Waals surface area contributed by atoms with E-state index < -0.39 is 0 Å². The molecule has 0 atom stereocenters. The first-order valence-electron chi connectivity index (χ1n) is 8.08. The number of aryl methyl sites for hydroxylation is 1. The maximum atomic E-state index is 9.18. The molecule has 0 saturated heterocycles. The van der Waals surface area contributed by atoms with E-state index in [1.54, 1.807) is 0 Å². The summed E-state index contributed by atoms with van der Waals surface area (Å²) in [6, 6.07) is 12.7. The summed E-state index contributed by atoms with van der Waals surface area (Å²) in [5.41, 5.74) is 4.57. The molecule has 4 nitrogen and oxygen atoms in total. The number of hydrogen-bond donors (Lipinski definition) is 1. The van der Waals surface area contributed by atoms with Gasteiger partial charge in [-0.1, -0.05) is 19.1 Å². The van der Waals surface area contributed by atoms with Gasteiger partial charge in [0, 0.05) is 30.4 Å². The van der Waals surface area contributed by atoms with Crippen molar-refractivity contribution in [2.75, 3.05) is 19.7 Å². The number of aliphatic hydroxyl groups is 1. The third-order valence-corrected chi connectivity index (χ3v) is 4.25. The number of nitrogens with zero attached hydrogens (tertiary/aromatic N) is 3. The van der Waals surface area contributed by atoms with Crippen LogP contribution < -0.4 is 0 Å². The average molecular weight is 309 g/mol. The highest BCUT2D eigenvalue weighted by atomic mass is 16.3. The molecule has 0 fully saturated rings. The van der Waals surface area contributed by atoms with Gasteiger partial charge in [-0.3, -0.25) is 9.88 Å². The summed E-state index contributed by atoms with van der Waals surface area (Å²) in [4.78, 5) is 6.64. The Labute approximate surface area is 137 Å². The molecule has 1 aromatic carbocycles. The lowest BCUT2D eigenvalue weighted by molar-refractivity contribution is 0.197. The summed E-state index contributed by atoms with van der Waals surface area (Å²) in [6.45, 7) is 6.80. The van der Waals surface area contributed by atoms with E-state index in [2.05, 4.69) is 57.9 Å². The van der Waals surface area contributed by atoms with E-state index in [9.17, 15) is 5.11 Å². The van der Waals surface area contributed by atoms with Crippen molar-refractivity contribution in [2.24, 2.45) is 0 Å². The molecule has 0 bridgehead atoms. The highest BCUT2D eigenvalue weighted by Crippen LogP contribution is 2.24. The summed E-state index contributed by atoms with van der Waals surface area (Å²) < 4.78 is 2.17. The van der Waals surface area contributed by atoms with Gasteiger partial charge in [-0.2, -0.15) is 0 Å². The Morgan fingerprint density at radius 3 is 2.74 bits per heavy atom. The molecule has 0 unspecified atom stereocenters. The molecule has 0 aliphatic heterocycles. The normalized spacial score (nSPS) is 11.5. The van der Waals surface area contributed by atoms with Crippen LogP contribution in [-0.4, -0.2) is 39.3 Å². The molecule has 1 N–H and O–H groups in total. The first-order chi connectivity index (χ1) is 11.2. The van der Waals surface area contributed by atoms with Crippen molar-refractivity contribution in [3.8, 4) is 5.69 Å². The summed E-state index contributed by atoms with van der Waals surface area (Å²) >= 11 is 0. The third kappa shape index (κ3) is 3.28. The summed E-state index contributed by atoms with van der Waals surface area (Å²) in [6.07, 6.45) is 4.01. The zero-order valence-electron chi connectivity index (χ0n) is 13.7. The zero-order chi connectivity index (χ0) is 16.2. The third-order valence-electron chi connectivity index (χ3n) is 4.25. The quantitative estimate of drug-likeness (QED) is 0.760. The van der Waals surface area contributed by atoms with E-state index in [4.69, 9.17) is 0 Å². The molecule has 0 spiro atoms. The van der Waals surface area contributed by atoms with E-state index in [1.165, 1.54) is 16.5 Å². The Kier molecular flexibility index (Phi) is 4.74. The molecule has 120 valence electrons. The van der Waals surface area contributed by atoms with Gasteiger partial charge in [-0.15, -0.1) is 0 Å². The first-order valence-corrected chi connectivity index (χ1v) is 8.08. The number of likely N-dealkylation sites (N-methyl/N-ethyl adjacent to an activating group) is 1. The number of aliphatic hydroxyl groups excluding tert-OH is 1. The maximum absolute atomic E-state index is 9.18. The Hall–Kier alpha value is -2.17. The van der Waals surface area contributed by atoms with Gasteiger partial charge in [-0.05, 0) is 43.3 Å². The molecule has 0 aliphatic rings. The fourth-order valence-corrected chi connectivity index (χ4v) is 2.93. The fourth-order valence-electron chi connectivity index (χ4n) is 2.93. The summed E-state index contributed by atoms with van der Waals surface area (Å²) in [5, 5.41) is 10.4. The molecule has 3 aromatic rings. The van der Waals surface area contributed by atoms with Crippen molar-refractivity contribution in [1.29, 1.82) is 0 Å². The number of aromatic nitrogens is 2. The minimum atomic E-state index is 0.194. The van der Waals surface area contributed by atoms with E-state index in [0.717, 1.165) is 24.5 Å². The standard InChI is InChI=1S/C19H23N3O/c1-3-21(11-12-23)14-16-5-4-6-19-18(16)9-10-22(19)17-8-7-15(2)20-13-17/h4-10,13,23H,3,11-12,14H2,1-2H3. The molecular weight excluding hydrogens is 286 g/mol. The first kappa shape index (κ1) is 15.7. The monoisotopic (exact) mass is 309 g/mol. The second-order valence-electron chi connectivity index (χ2n) is 5.79. The van der Waals surface area contributed by atoms with Crippen LogP contribution in [0.2, 0.25) is 0 Å². The van der Waals surface area contributed by atoms with Crippen LogP contribution in [0, 0.1) is 6.92 Å². The molecule has 23 heavy (non-hydrogen) atoms. The lowest BCUT2D eigenvalue weighted by atomic mass is 10.1. The Bertz CT molecular complexity index is 777. The van der Waals surface area contributed by atoms with Gasteiger partial charge in [0.2, 0.25) is 0 Å². The molecule has 3 rings (SSSR count). The predicted octanol–water partition coefficient (Wildman–Crippen LogP) is 3.15. The van der Waals surface area contributed by atoms with Crippen LogP contribution in [0.3, 0.4) is 0 Å². The molecule has 0 radical (unpaired) electrons. The Balaban J connectivity index is 1.98. The number of fused-ring (bicyclic) bond motifs is 1. The molecule has 0 aliphatic carbocycles. The number of hydrogen-bond acceptors (Lipinski definition) is 3. The van der Waals surface area contributed by atoms with Crippen LogP contribution in [-0.2, 0) is 6.54 Å². The van der Waals surface area contributed by atoms with Gasteiger partial charge in [0.25, 0.3) is 0 Å². The lowest BCUT2D eigenvalue weighted by Crippen LogP contribution is -2.26. The minimum Gasteiger partial charge on any atom is -0.395 e. The SMILES string of the molecule is CCN(CCO)Cc1cccc2c1ccn2-c1ccc(C)nc1. The molecule has 0 amide bonds. The van der Waals surface area contributed by atoms with E-state index in [1.807, 2.05) is 19.2 Å². The Morgan fingerprint density at radius 1 is 1.17 bits per heavy atom. The van der Waals surface area contributed by atoms with E-state index in [0.29, 0.717) is 6.54 Å². The van der Waals surface area contributed by atoms with E-state index >= 15 is 0 Å². The van der Waals surface area contributed by atoms with Gasteiger partial charge >= 0.3 is 0 Å². The minimum absolute atomic E-state index is 0.194. The summed E-state index contributed by atoms with van der Waals surface area (Å²) in [7, 11) is 0. The van der Waals surface area contributed by atoms with Crippen molar-refractivity contribution in [1.82, 2.24) is 14.5 Å². The van der Waals surface area contributed by atoms with Crippen molar-refractivity contribution >= 4 is 10.9 Å². The van der Waals surface area contributed by atoms with Crippen LogP contribution in [0.15, 0.2) is 48.8 Å².